The molecule has 0 aliphatic heterocycles. The topological polar surface area (TPSA) is 46.2 Å². The Hall–Kier alpha value is -0.0900. The zero-order valence-corrected chi connectivity index (χ0v) is 11.4. The summed E-state index contributed by atoms with van der Waals surface area (Å²) in [7, 11) is -2.82. The molecule has 0 radical (unpaired) electrons. The summed E-state index contributed by atoms with van der Waals surface area (Å²) in [5.74, 6) is 1.08. The van der Waals surface area contributed by atoms with Gasteiger partial charge in [0.05, 0.1) is 5.75 Å². The van der Waals surface area contributed by atoms with E-state index in [1.165, 1.54) is 0 Å². The van der Waals surface area contributed by atoms with Gasteiger partial charge in [-0.25, -0.2) is 8.42 Å². The second-order valence-electron chi connectivity index (χ2n) is 5.06. The molecular weight excluding hydrogens is 210 g/mol. The van der Waals surface area contributed by atoms with Crippen molar-refractivity contribution in [2.24, 2.45) is 11.3 Å². The highest BCUT2D eigenvalue weighted by molar-refractivity contribution is 7.91. The first kappa shape index (κ1) is 14.9. The Bertz CT molecular complexity index is 268. The van der Waals surface area contributed by atoms with E-state index in [0.29, 0.717) is 12.5 Å². The summed E-state index contributed by atoms with van der Waals surface area (Å²) in [4.78, 5) is 0. The maximum atomic E-state index is 11.2. The van der Waals surface area contributed by atoms with Crippen LogP contribution >= 0.6 is 0 Å². The second kappa shape index (κ2) is 5.85. The zero-order chi connectivity index (χ0) is 12.1. The molecule has 0 unspecified atom stereocenters. The van der Waals surface area contributed by atoms with E-state index in [4.69, 9.17) is 0 Å². The highest BCUT2D eigenvalue weighted by atomic mass is 32.2. The van der Waals surface area contributed by atoms with Crippen LogP contribution in [0.25, 0.3) is 0 Å². The monoisotopic (exact) mass is 235 g/mol. The number of nitrogens with one attached hydrogen (secondary N) is 1. The van der Waals surface area contributed by atoms with Gasteiger partial charge >= 0.3 is 0 Å². The van der Waals surface area contributed by atoms with Gasteiger partial charge in [-0.2, -0.15) is 0 Å². The SMILES string of the molecule is CCS(=O)(=O)CCNCC(C)(C)C(C)C. The number of sulfone groups is 1. The third kappa shape index (κ3) is 6.15. The summed E-state index contributed by atoms with van der Waals surface area (Å²) in [5, 5.41) is 3.22. The second-order valence-corrected chi connectivity index (χ2v) is 7.53. The van der Waals surface area contributed by atoms with E-state index in [2.05, 4.69) is 33.0 Å². The van der Waals surface area contributed by atoms with Crippen molar-refractivity contribution in [2.45, 2.75) is 34.6 Å². The Morgan fingerprint density at radius 3 is 2.20 bits per heavy atom. The molecule has 0 rings (SSSR count). The standard InChI is InChI=1S/C11H25NO2S/c1-6-15(13,14)8-7-12-9-11(4,5)10(2)3/h10,12H,6-9H2,1-5H3. The molecular formula is C11H25NO2S. The first-order chi connectivity index (χ1) is 6.71. The van der Waals surface area contributed by atoms with Crippen LogP contribution in [0.3, 0.4) is 0 Å². The molecule has 0 spiro atoms. The van der Waals surface area contributed by atoms with E-state index in [0.717, 1.165) is 6.54 Å². The molecule has 0 heterocycles. The number of hydrogen-bond acceptors (Lipinski definition) is 3. The van der Waals surface area contributed by atoms with Gasteiger partial charge in [-0.3, -0.25) is 0 Å². The zero-order valence-electron chi connectivity index (χ0n) is 10.6. The summed E-state index contributed by atoms with van der Waals surface area (Å²) in [6.45, 7) is 11.9. The summed E-state index contributed by atoms with van der Waals surface area (Å²) < 4.78 is 22.4. The molecule has 0 aliphatic rings. The number of rotatable bonds is 7. The van der Waals surface area contributed by atoms with Crippen molar-refractivity contribution in [3.63, 3.8) is 0 Å². The summed E-state index contributed by atoms with van der Waals surface area (Å²) in [6.07, 6.45) is 0. The van der Waals surface area contributed by atoms with E-state index < -0.39 is 9.84 Å². The van der Waals surface area contributed by atoms with Crippen molar-refractivity contribution in [1.29, 1.82) is 0 Å². The molecule has 0 aromatic heterocycles. The quantitative estimate of drug-likeness (QED) is 0.683. The van der Waals surface area contributed by atoms with Crippen LogP contribution in [0.4, 0.5) is 0 Å². The lowest BCUT2D eigenvalue weighted by molar-refractivity contribution is 0.240. The molecule has 0 bridgehead atoms. The van der Waals surface area contributed by atoms with Gasteiger partial charge in [-0.05, 0) is 11.3 Å². The third-order valence-corrected chi connectivity index (χ3v) is 4.88. The minimum atomic E-state index is -2.82. The molecule has 0 saturated carbocycles. The van der Waals surface area contributed by atoms with Crippen LogP contribution in [0.5, 0.6) is 0 Å². The highest BCUT2D eigenvalue weighted by Crippen LogP contribution is 2.24. The Balaban J connectivity index is 3.82. The fourth-order valence-electron chi connectivity index (χ4n) is 0.987. The Kier molecular flexibility index (Phi) is 5.81. The van der Waals surface area contributed by atoms with Crippen molar-refractivity contribution in [2.75, 3.05) is 24.6 Å². The molecule has 4 heteroatoms. The highest BCUT2D eigenvalue weighted by Gasteiger charge is 2.21. The molecule has 0 saturated heterocycles. The lowest BCUT2D eigenvalue weighted by atomic mass is 9.81. The molecule has 0 amide bonds. The Labute approximate surface area is 94.6 Å². The van der Waals surface area contributed by atoms with E-state index in [1.807, 2.05) is 0 Å². The number of hydrogen-bond donors (Lipinski definition) is 1. The maximum absolute atomic E-state index is 11.2. The molecule has 0 aromatic carbocycles. The smallest absolute Gasteiger partial charge is 0.151 e. The normalized spacial score (nSPS) is 13.5. The van der Waals surface area contributed by atoms with E-state index in [9.17, 15) is 8.42 Å². The molecule has 3 nitrogen and oxygen atoms in total. The van der Waals surface area contributed by atoms with Gasteiger partial charge in [0.1, 0.15) is 0 Å². The fraction of sp³-hybridized carbons (Fsp3) is 1.00. The summed E-state index contributed by atoms with van der Waals surface area (Å²) >= 11 is 0. The van der Waals surface area contributed by atoms with Gasteiger partial charge in [0.25, 0.3) is 0 Å². The van der Waals surface area contributed by atoms with Gasteiger partial charge in [-0.15, -0.1) is 0 Å². The molecule has 0 fully saturated rings. The lowest BCUT2D eigenvalue weighted by Crippen LogP contribution is -2.35. The largest absolute Gasteiger partial charge is 0.315 e. The fourth-order valence-corrected chi connectivity index (χ4v) is 1.73. The van der Waals surface area contributed by atoms with Crippen LogP contribution in [0.15, 0.2) is 0 Å². The van der Waals surface area contributed by atoms with Crippen molar-refractivity contribution >= 4 is 9.84 Å². The van der Waals surface area contributed by atoms with Gasteiger partial charge in [0, 0.05) is 18.8 Å². The van der Waals surface area contributed by atoms with E-state index in [1.54, 1.807) is 6.92 Å². The van der Waals surface area contributed by atoms with Gasteiger partial charge < -0.3 is 5.32 Å². The van der Waals surface area contributed by atoms with Gasteiger partial charge in [0.2, 0.25) is 0 Å². The average Bonchev–Trinajstić information content (AvgIpc) is 2.12. The van der Waals surface area contributed by atoms with Crippen LogP contribution < -0.4 is 5.32 Å². The minimum absolute atomic E-state index is 0.218. The lowest BCUT2D eigenvalue weighted by Gasteiger charge is -2.29. The van der Waals surface area contributed by atoms with Crippen LogP contribution in [0, 0.1) is 11.3 Å². The molecule has 15 heavy (non-hydrogen) atoms. The molecule has 1 N–H and O–H groups in total. The predicted molar refractivity (Wildman–Crippen MR) is 65.8 cm³/mol. The van der Waals surface area contributed by atoms with Crippen LogP contribution in [-0.2, 0) is 9.84 Å². The van der Waals surface area contributed by atoms with Crippen LogP contribution in [-0.4, -0.2) is 33.0 Å². The Morgan fingerprint density at radius 1 is 1.27 bits per heavy atom. The first-order valence-corrected chi connectivity index (χ1v) is 7.44. The van der Waals surface area contributed by atoms with Crippen molar-refractivity contribution < 1.29 is 8.42 Å². The predicted octanol–water partition coefficient (Wildman–Crippen LogP) is 1.69. The van der Waals surface area contributed by atoms with Gasteiger partial charge in [-0.1, -0.05) is 34.6 Å². The van der Waals surface area contributed by atoms with Gasteiger partial charge in [0.15, 0.2) is 9.84 Å². The third-order valence-electron chi connectivity index (χ3n) is 3.17. The van der Waals surface area contributed by atoms with E-state index >= 15 is 0 Å². The molecule has 0 atom stereocenters. The summed E-state index contributed by atoms with van der Waals surface area (Å²) in [5.41, 5.74) is 0.218. The van der Waals surface area contributed by atoms with Crippen molar-refractivity contribution in [3.05, 3.63) is 0 Å². The first-order valence-electron chi connectivity index (χ1n) is 5.62. The van der Waals surface area contributed by atoms with Crippen molar-refractivity contribution in [1.82, 2.24) is 5.32 Å². The average molecular weight is 235 g/mol. The van der Waals surface area contributed by atoms with Crippen molar-refractivity contribution in [3.8, 4) is 0 Å². The van der Waals surface area contributed by atoms with E-state index in [-0.39, 0.29) is 16.9 Å². The Morgan fingerprint density at radius 2 is 1.80 bits per heavy atom. The molecule has 92 valence electrons. The van der Waals surface area contributed by atoms with Crippen LogP contribution in [0.2, 0.25) is 0 Å². The van der Waals surface area contributed by atoms with Crippen LogP contribution in [0.1, 0.15) is 34.6 Å². The maximum Gasteiger partial charge on any atom is 0.151 e. The minimum Gasteiger partial charge on any atom is -0.315 e. The molecule has 0 aromatic rings. The summed E-state index contributed by atoms with van der Waals surface area (Å²) in [6, 6.07) is 0. The molecule has 0 aliphatic carbocycles.